The Bertz CT molecular complexity index is 822. The molecule has 1 atom stereocenters. The van der Waals surface area contributed by atoms with Gasteiger partial charge in [-0.3, -0.25) is 10.2 Å². The van der Waals surface area contributed by atoms with Crippen LogP contribution in [0.5, 0.6) is 0 Å². The zero-order valence-electron chi connectivity index (χ0n) is 14.2. The van der Waals surface area contributed by atoms with Crippen molar-refractivity contribution in [1.29, 1.82) is 5.41 Å². The predicted octanol–water partition coefficient (Wildman–Crippen LogP) is 4.04. The van der Waals surface area contributed by atoms with Crippen LogP contribution in [0.15, 0.2) is 23.6 Å². The molecule has 0 aliphatic carbocycles. The Morgan fingerprint density at radius 2 is 2.08 bits per heavy atom. The Balaban J connectivity index is 1.92. The van der Waals surface area contributed by atoms with E-state index in [4.69, 9.17) is 5.41 Å². The van der Waals surface area contributed by atoms with Crippen molar-refractivity contribution in [2.45, 2.75) is 39.0 Å². The number of benzene rings is 1. The van der Waals surface area contributed by atoms with E-state index in [2.05, 4.69) is 25.8 Å². The number of aromatic nitrogens is 1. The maximum Gasteiger partial charge on any atom is 0.170 e. The van der Waals surface area contributed by atoms with Gasteiger partial charge in [0.15, 0.2) is 5.78 Å². The van der Waals surface area contributed by atoms with Crippen LogP contribution in [-0.2, 0) is 10.2 Å². The minimum Gasteiger partial charge on any atom is -0.322 e. The molecule has 1 aromatic heterocycles. The van der Waals surface area contributed by atoms with Gasteiger partial charge in [0.25, 0.3) is 0 Å². The summed E-state index contributed by atoms with van der Waals surface area (Å²) in [6.07, 6.45) is 0. The SMILES string of the molecule is Cc1ccc(N2CC(=O)C(c3nc(C(C)(C)C)cs3)C2=N)cc1F. The first-order valence-corrected chi connectivity index (χ1v) is 8.67. The van der Waals surface area contributed by atoms with Gasteiger partial charge in [0.2, 0.25) is 0 Å². The van der Waals surface area contributed by atoms with Crippen molar-refractivity contribution in [3.63, 3.8) is 0 Å². The van der Waals surface area contributed by atoms with E-state index >= 15 is 0 Å². The van der Waals surface area contributed by atoms with Gasteiger partial charge in [-0.2, -0.15) is 0 Å². The molecule has 1 N–H and O–H groups in total. The molecule has 24 heavy (non-hydrogen) atoms. The molecular weight excluding hydrogens is 325 g/mol. The summed E-state index contributed by atoms with van der Waals surface area (Å²) in [7, 11) is 0. The van der Waals surface area contributed by atoms with E-state index in [0.717, 1.165) is 5.69 Å². The van der Waals surface area contributed by atoms with Crippen molar-refractivity contribution in [2.75, 3.05) is 11.4 Å². The van der Waals surface area contributed by atoms with Gasteiger partial charge in [-0.1, -0.05) is 26.8 Å². The summed E-state index contributed by atoms with van der Waals surface area (Å²) >= 11 is 1.41. The number of Topliss-reactive ketones (excluding diaryl/α,β-unsaturated/α-hetero) is 1. The van der Waals surface area contributed by atoms with E-state index in [1.807, 2.05) is 5.38 Å². The highest BCUT2D eigenvalue weighted by atomic mass is 32.1. The zero-order valence-corrected chi connectivity index (χ0v) is 15.0. The summed E-state index contributed by atoms with van der Waals surface area (Å²) in [4.78, 5) is 18.6. The second kappa shape index (κ2) is 5.77. The standard InChI is InChI=1S/C18H20FN3OS/c1-10-5-6-11(7-12(10)19)22-8-13(23)15(16(22)20)17-21-14(9-24-17)18(2,3)4/h5-7,9,15,20H,8H2,1-4H3. The van der Waals surface area contributed by atoms with Crippen molar-refractivity contribution in [3.05, 3.63) is 45.7 Å². The lowest BCUT2D eigenvalue weighted by Crippen LogP contribution is -2.26. The molecule has 1 unspecified atom stereocenters. The smallest absolute Gasteiger partial charge is 0.170 e. The first-order chi connectivity index (χ1) is 11.2. The van der Waals surface area contributed by atoms with Crippen LogP contribution in [0.3, 0.4) is 0 Å². The Morgan fingerprint density at radius 1 is 1.38 bits per heavy atom. The Labute approximate surface area is 144 Å². The number of ketones is 1. The number of nitrogens with zero attached hydrogens (tertiary/aromatic N) is 2. The second-order valence-corrected chi connectivity index (χ2v) is 8.01. The number of carbonyl (C=O) groups is 1. The van der Waals surface area contributed by atoms with Gasteiger partial charge in [0.05, 0.1) is 12.2 Å². The van der Waals surface area contributed by atoms with Gasteiger partial charge in [0, 0.05) is 16.5 Å². The number of halogens is 1. The number of rotatable bonds is 2. The highest BCUT2D eigenvalue weighted by Crippen LogP contribution is 2.34. The van der Waals surface area contributed by atoms with Gasteiger partial charge >= 0.3 is 0 Å². The first kappa shape index (κ1) is 16.8. The predicted molar refractivity (Wildman–Crippen MR) is 94.8 cm³/mol. The molecule has 0 radical (unpaired) electrons. The quantitative estimate of drug-likeness (QED) is 0.894. The molecule has 1 saturated heterocycles. The van der Waals surface area contributed by atoms with Crippen LogP contribution in [-0.4, -0.2) is 23.1 Å². The molecule has 1 aliphatic rings. The summed E-state index contributed by atoms with van der Waals surface area (Å²) in [6, 6.07) is 4.78. The number of nitrogens with one attached hydrogen (secondary N) is 1. The van der Waals surface area contributed by atoms with Crippen LogP contribution in [0.25, 0.3) is 0 Å². The molecule has 6 heteroatoms. The molecule has 0 saturated carbocycles. The number of thiazole rings is 1. The van der Waals surface area contributed by atoms with Crippen molar-refractivity contribution in [3.8, 4) is 0 Å². The molecule has 2 heterocycles. The lowest BCUT2D eigenvalue weighted by Gasteiger charge is -2.18. The average Bonchev–Trinajstić information content (AvgIpc) is 3.07. The van der Waals surface area contributed by atoms with Crippen LogP contribution in [0.4, 0.5) is 10.1 Å². The molecule has 1 aromatic carbocycles. The third-order valence-electron chi connectivity index (χ3n) is 4.20. The van der Waals surface area contributed by atoms with E-state index in [-0.39, 0.29) is 29.4 Å². The van der Waals surface area contributed by atoms with E-state index in [0.29, 0.717) is 16.3 Å². The molecule has 126 valence electrons. The molecule has 1 fully saturated rings. The van der Waals surface area contributed by atoms with Crippen LogP contribution < -0.4 is 4.90 Å². The highest BCUT2D eigenvalue weighted by Gasteiger charge is 2.40. The van der Waals surface area contributed by atoms with E-state index in [9.17, 15) is 9.18 Å². The van der Waals surface area contributed by atoms with Crippen molar-refractivity contribution in [2.24, 2.45) is 0 Å². The third kappa shape index (κ3) is 2.86. The number of anilines is 1. The summed E-state index contributed by atoms with van der Waals surface area (Å²) in [5.74, 6) is -0.898. The number of aryl methyl sites for hydroxylation is 1. The lowest BCUT2D eigenvalue weighted by atomic mass is 9.93. The summed E-state index contributed by atoms with van der Waals surface area (Å²) in [5.41, 5.74) is 1.90. The van der Waals surface area contributed by atoms with Gasteiger partial charge < -0.3 is 4.90 Å². The molecule has 0 bridgehead atoms. The molecule has 4 nitrogen and oxygen atoms in total. The van der Waals surface area contributed by atoms with E-state index < -0.39 is 5.92 Å². The number of hydrogen-bond donors (Lipinski definition) is 1. The fourth-order valence-electron chi connectivity index (χ4n) is 2.64. The van der Waals surface area contributed by atoms with Crippen LogP contribution in [0.2, 0.25) is 0 Å². The fourth-order valence-corrected chi connectivity index (χ4v) is 3.81. The Morgan fingerprint density at radius 3 is 2.67 bits per heavy atom. The van der Waals surface area contributed by atoms with E-state index in [1.54, 1.807) is 24.0 Å². The minimum absolute atomic E-state index is 0.0733. The molecule has 3 rings (SSSR count). The number of carbonyl (C=O) groups excluding carboxylic acids is 1. The zero-order chi connectivity index (χ0) is 17.6. The first-order valence-electron chi connectivity index (χ1n) is 7.79. The fraction of sp³-hybridized carbons (Fsp3) is 0.389. The largest absolute Gasteiger partial charge is 0.322 e. The molecular formula is C18H20FN3OS. The summed E-state index contributed by atoms with van der Waals surface area (Å²) < 4.78 is 13.8. The maximum atomic E-state index is 13.8. The normalized spacial score (nSPS) is 18.5. The molecule has 0 spiro atoms. The number of hydrogen-bond acceptors (Lipinski definition) is 4. The molecule has 1 aliphatic heterocycles. The molecule has 0 amide bonds. The summed E-state index contributed by atoms with van der Waals surface area (Å²) in [6.45, 7) is 7.96. The van der Waals surface area contributed by atoms with Crippen molar-refractivity contribution < 1.29 is 9.18 Å². The lowest BCUT2D eigenvalue weighted by molar-refractivity contribution is -0.116. The third-order valence-corrected chi connectivity index (χ3v) is 5.11. The molecule has 2 aromatic rings. The second-order valence-electron chi connectivity index (χ2n) is 7.13. The van der Waals surface area contributed by atoms with Crippen molar-refractivity contribution >= 4 is 28.6 Å². The van der Waals surface area contributed by atoms with Gasteiger partial charge in [-0.05, 0) is 24.6 Å². The Hall–Kier alpha value is -2.08. The van der Waals surface area contributed by atoms with Gasteiger partial charge in [-0.15, -0.1) is 11.3 Å². The average molecular weight is 345 g/mol. The van der Waals surface area contributed by atoms with Gasteiger partial charge in [0.1, 0.15) is 22.6 Å². The van der Waals surface area contributed by atoms with Crippen LogP contribution >= 0.6 is 11.3 Å². The maximum absolute atomic E-state index is 13.8. The van der Waals surface area contributed by atoms with Gasteiger partial charge in [-0.25, -0.2) is 9.37 Å². The minimum atomic E-state index is -0.657. The van der Waals surface area contributed by atoms with Crippen molar-refractivity contribution in [1.82, 2.24) is 4.98 Å². The highest BCUT2D eigenvalue weighted by molar-refractivity contribution is 7.10. The van der Waals surface area contributed by atoms with E-state index in [1.165, 1.54) is 17.4 Å². The monoisotopic (exact) mass is 345 g/mol. The summed E-state index contributed by atoms with van der Waals surface area (Å²) in [5, 5.41) is 11.0. The van der Waals surface area contributed by atoms with Crippen LogP contribution in [0.1, 0.15) is 43.0 Å². The number of amidine groups is 1. The van der Waals surface area contributed by atoms with Crippen LogP contribution in [0, 0.1) is 18.2 Å². The Kier molecular flexibility index (Phi) is 4.03. The topological polar surface area (TPSA) is 57.1 Å².